The monoisotopic (exact) mass is 496 g/mol. The number of benzene rings is 2. The van der Waals surface area contributed by atoms with E-state index in [9.17, 15) is 13.9 Å². The van der Waals surface area contributed by atoms with Crippen LogP contribution in [0.2, 0.25) is 0 Å². The molecule has 2 heterocycles. The molecule has 2 aliphatic heterocycles. The molecule has 0 radical (unpaired) electrons. The first-order valence-corrected chi connectivity index (χ1v) is 10.4. The molecule has 2 aromatic rings. The van der Waals surface area contributed by atoms with Gasteiger partial charge >= 0.3 is 6.61 Å². The van der Waals surface area contributed by atoms with Gasteiger partial charge in [-0.1, -0.05) is 0 Å². The smallest absolute Gasteiger partial charge is 0.387 e. The molecule has 168 valence electrons. The maximum atomic E-state index is 12.5. The lowest BCUT2D eigenvalue weighted by atomic mass is 10.0. The van der Waals surface area contributed by atoms with Gasteiger partial charge in [-0.3, -0.25) is 0 Å². The van der Waals surface area contributed by atoms with E-state index in [1.165, 1.54) is 12.1 Å². The fourth-order valence-corrected chi connectivity index (χ4v) is 4.35. The zero-order chi connectivity index (χ0) is 21.1. The summed E-state index contributed by atoms with van der Waals surface area (Å²) in [7, 11) is 0. The number of hydrogen-bond donors (Lipinski definition) is 1. The van der Waals surface area contributed by atoms with Crippen LogP contribution in [-0.4, -0.2) is 41.8 Å². The van der Waals surface area contributed by atoms with Crippen molar-refractivity contribution in [3.63, 3.8) is 0 Å². The molecule has 0 saturated heterocycles. The molecule has 0 spiro atoms. The number of halogens is 3. The molecule has 4 rings (SSSR count). The molecular weight excluding hydrogens is 470 g/mol. The number of rotatable bonds is 6. The molecule has 1 atom stereocenters. The van der Waals surface area contributed by atoms with Crippen LogP contribution in [0.4, 0.5) is 14.5 Å². The predicted molar refractivity (Wildman–Crippen MR) is 111 cm³/mol. The summed E-state index contributed by atoms with van der Waals surface area (Å²) in [6, 6.07) is 14.2. The van der Waals surface area contributed by atoms with E-state index in [4.69, 9.17) is 4.74 Å². The summed E-state index contributed by atoms with van der Waals surface area (Å²) < 4.78 is 37.0. The highest BCUT2D eigenvalue weighted by atomic mass is 79.9. The van der Waals surface area contributed by atoms with Crippen molar-refractivity contribution in [2.45, 2.75) is 44.9 Å². The molecule has 8 heteroatoms. The van der Waals surface area contributed by atoms with Gasteiger partial charge in [0, 0.05) is 12.0 Å². The van der Waals surface area contributed by atoms with E-state index in [0.717, 1.165) is 49.5 Å². The van der Waals surface area contributed by atoms with Crippen molar-refractivity contribution in [3.8, 4) is 11.5 Å². The Balaban J connectivity index is 0.00000272. The summed E-state index contributed by atoms with van der Waals surface area (Å²) in [6.07, 6.45) is 4.04. The first-order valence-electron chi connectivity index (χ1n) is 10.4. The second-order valence-electron chi connectivity index (χ2n) is 7.61. The van der Waals surface area contributed by atoms with Crippen molar-refractivity contribution < 1.29 is 44.9 Å². The lowest BCUT2D eigenvalue weighted by molar-refractivity contribution is -0.658. The number of nitrogens with zero attached hydrogens (tertiary/aromatic N) is 2. The van der Waals surface area contributed by atoms with Gasteiger partial charge in [0.1, 0.15) is 17.2 Å². The fourth-order valence-electron chi connectivity index (χ4n) is 4.35. The largest absolute Gasteiger partial charge is 1.00 e. The Hall–Kier alpha value is -2.19. The molecule has 0 aromatic heterocycles. The van der Waals surface area contributed by atoms with E-state index >= 15 is 0 Å². The maximum Gasteiger partial charge on any atom is 0.387 e. The van der Waals surface area contributed by atoms with Crippen LogP contribution in [0.25, 0.3) is 0 Å². The quantitative estimate of drug-likeness (QED) is 0.613. The van der Waals surface area contributed by atoms with Gasteiger partial charge in [0.05, 0.1) is 13.2 Å². The topological polar surface area (TPSA) is 44.9 Å². The Morgan fingerprint density at radius 1 is 1.03 bits per heavy atom. The summed E-state index contributed by atoms with van der Waals surface area (Å²) in [5.74, 6) is 1.99. The van der Waals surface area contributed by atoms with Crippen LogP contribution in [0.1, 0.15) is 38.2 Å². The molecule has 1 N–H and O–H groups in total. The van der Waals surface area contributed by atoms with Gasteiger partial charge in [-0.2, -0.15) is 8.78 Å². The number of ether oxygens (including phenoxy) is 2. The number of hydrogen-bond acceptors (Lipinski definition) is 4. The van der Waals surface area contributed by atoms with E-state index in [1.807, 2.05) is 31.2 Å². The number of alkyl halides is 2. The number of β-amino-alcohol motifs (C(OH)–C–C–N with tert-alkyl or cyclic N) is 1. The van der Waals surface area contributed by atoms with Gasteiger partial charge in [0.2, 0.25) is 0 Å². The molecule has 31 heavy (non-hydrogen) atoms. The molecule has 5 nitrogen and oxygen atoms in total. The SMILES string of the molecule is CCOc1ccc(N2CC(O)(c3ccc(OC(F)F)cc3)[N+]3=C2CCCCC3)cc1.[Br-]. The first-order chi connectivity index (χ1) is 14.5. The minimum absolute atomic E-state index is 0. The Bertz CT molecular complexity index is 906. The van der Waals surface area contributed by atoms with Crippen molar-refractivity contribution in [1.82, 2.24) is 0 Å². The van der Waals surface area contributed by atoms with Crippen molar-refractivity contribution >= 4 is 11.5 Å². The van der Waals surface area contributed by atoms with Crippen LogP contribution in [0.15, 0.2) is 48.5 Å². The van der Waals surface area contributed by atoms with E-state index in [1.54, 1.807) is 12.1 Å². The second kappa shape index (κ2) is 9.96. The maximum absolute atomic E-state index is 12.5. The number of amidine groups is 1. The van der Waals surface area contributed by atoms with Crippen LogP contribution >= 0.6 is 0 Å². The summed E-state index contributed by atoms with van der Waals surface area (Å²) in [5.41, 5.74) is 0.424. The molecule has 0 amide bonds. The average molecular weight is 497 g/mol. The van der Waals surface area contributed by atoms with Crippen molar-refractivity contribution in [3.05, 3.63) is 54.1 Å². The summed E-state index contributed by atoms with van der Waals surface area (Å²) in [5, 5.41) is 11.8. The molecule has 2 aromatic carbocycles. The standard InChI is InChI=1S/C23H27F2N2O3.BrH/c1-2-29-19-13-9-18(10-14-19)26-16-23(28,27-15-5-3-4-6-21(26)27)17-7-11-20(12-8-17)30-22(24)25;/h7-14,22,28H,2-6,15-16H2,1H3;1H/q+1;/p-1. The van der Waals surface area contributed by atoms with Gasteiger partial charge in [0.15, 0.2) is 6.54 Å². The van der Waals surface area contributed by atoms with Crippen molar-refractivity contribution in [1.29, 1.82) is 0 Å². The van der Waals surface area contributed by atoms with Crippen LogP contribution in [0.5, 0.6) is 11.5 Å². The van der Waals surface area contributed by atoms with Gasteiger partial charge in [-0.15, -0.1) is 0 Å². The highest BCUT2D eigenvalue weighted by Crippen LogP contribution is 2.36. The van der Waals surface area contributed by atoms with Crippen LogP contribution in [0.3, 0.4) is 0 Å². The number of aliphatic hydroxyl groups is 1. The molecular formula is C23H27BrF2N2O3. The fraction of sp³-hybridized carbons (Fsp3) is 0.435. The normalized spacial score (nSPS) is 20.9. The number of anilines is 1. The summed E-state index contributed by atoms with van der Waals surface area (Å²) in [4.78, 5) is 2.16. The molecule has 0 fully saturated rings. The third kappa shape index (κ3) is 4.85. The highest BCUT2D eigenvalue weighted by molar-refractivity contribution is 5.96. The molecule has 0 aliphatic carbocycles. The predicted octanol–water partition coefficient (Wildman–Crippen LogP) is 1.34. The first kappa shape index (κ1) is 23.5. The highest BCUT2D eigenvalue weighted by Gasteiger charge is 2.51. The Morgan fingerprint density at radius 3 is 2.35 bits per heavy atom. The molecule has 0 saturated carbocycles. The lowest BCUT2D eigenvalue weighted by Gasteiger charge is -2.23. The third-order valence-corrected chi connectivity index (χ3v) is 5.73. The summed E-state index contributed by atoms with van der Waals surface area (Å²) >= 11 is 0. The van der Waals surface area contributed by atoms with Gasteiger partial charge in [-0.05, 0) is 74.7 Å². The van der Waals surface area contributed by atoms with E-state index < -0.39 is 12.3 Å². The second-order valence-corrected chi connectivity index (χ2v) is 7.61. The zero-order valence-corrected chi connectivity index (χ0v) is 19.0. The van der Waals surface area contributed by atoms with Gasteiger partial charge in [0.25, 0.3) is 11.6 Å². The zero-order valence-electron chi connectivity index (χ0n) is 17.4. The Labute approximate surface area is 191 Å². The van der Waals surface area contributed by atoms with Crippen molar-refractivity contribution in [2.75, 3.05) is 24.6 Å². The van der Waals surface area contributed by atoms with Gasteiger partial charge in [-0.25, -0.2) is 9.48 Å². The molecule has 1 unspecified atom stereocenters. The third-order valence-electron chi connectivity index (χ3n) is 5.73. The minimum atomic E-state index is -2.87. The Kier molecular flexibility index (Phi) is 7.54. The molecule has 2 aliphatic rings. The van der Waals surface area contributed by atoms with Crippen LogP contribution in [-0.2, 0) is 5.72 Å². The molecule has 0 bridgehead atoms. The lowest BCUT2D eigenvalue weighted by Crippen LogP contribution is -3.00. The average Bonchev–Trinajstić information content (AvgIpc) is 2.88. The Morgan fingerprint density at radius 2 is 1.71 bits per heavy atom. The van der Waals surface area contributed by atoms with E-state index in [2.05, 4.69) is 14.2 Å². The van der Waals surface area contributed by atoms with Crippen molar-refractivity contribution in [2.24, 2.45) is 0 Å². The van der Waals surface area contributed by atoms with E-state index in [-0.39, 0.29) is 22.7 Å². The minimum Gasteiger partial charge on any atom is -1.00 e. The van der Waals surface area contributed by atoms with Gasteiger partial charge < -0.3 is 31.6 Å². The van der Waals surface area contributed by atoms with E-state index in [0.29, 0.717) is 18.7 Å². The van der Waals surface area contributed by atoms with Crippen LogP contribution < -0.4 is 31.4 Å². The summed E-state index contributed by atoms with van der Waals surface area (Å²) in [6.45, 7) is 0.802. The van der Waals surface area contributed by atoms with Crippen LogP contribution in [0, 0.1) is 0 Å².